The van der Waals surface area contributed by atoms with Crippen molar-refractivity contribution in [2.45, 2.75) is 25.4 Å². The fourth-order valence-corrected chi connectivity index (χ4v) is 4.32. The zero-order chi connectivity index (χ0) is 21.1. The number of hydrogen-bond acceptors (Lipinski definition) is 5. The summed E-state index contributed by atoms with van der Waals surface area (Å²) in [7, 11) is 0. The van der Waals surface area contributed by atoms with E-state index in [2.05, 4.69) is 10.4 Å². The molecule has 0 spiro atoms. The van der Waals surface area contributed by atoms with Crippen LogP contribution in [-0.4, -0.2) is 28.9 Å². The van der Waals surface area contributed by atoms with Gasteiger partial charge in [-0.05, 0) is 56.3 Å². The average molecular weight is 428 g/mol. The van der Waals surface area contributed by atoms with Gasteiger partial charge in [-0.1, -0.05) is 0 Å². The summed E-state index contributed by atoms with van der Waals surface area (Å²) >= 11 is 1.75. The van der Waals surface area contributed by atoms with Gasteiger partial charge >= 0.3 is 0 Å². The Labute approximate surface area is 178 Å². The number of ether oxygens (including phenoxy) is 2. The lowest BCUT2D eigenvalue weighted by atomic mass is 10.1. The minimum Gasteiger partial charge on any atom is -0.490 e. The van der Waals surface area contributed by atoms with Crippen LogP contribution in [0.5, 0.6) is 11.5 Å². The van der Waals surface area contributed by atoms with Crippen LogP contribution in [0.3, 0.4) is 0 Å². The molecule has 0 fully saturated rings. The molecule has 6 nitrogen and oxygen atoms in total. The summed E-state index contributed by atoms with van der Waals surface area (Å²) < 4.78 is 26.2. The fourth-order valence-electron chi connectivity index (χ4n) is 3.28. The lowest BCUT2D eigenvalue weighted by Crippen LogP contribution is -2.16. The maximum Gasteiger partial charge on any atom is 0.256 e. The monoisotopic (exact) mass is 427 g/mol. The van der Waals surface area contributed by atoms with E-state index in [1.54, 1.807) is 46.8 Å². The zero-order valence-corrected chi connectivity index (χ0v) is 17.6. The van der Waals surface area contributed by atoms with E-state index in [4.69, 9.17) is 9.47 Å². The molecule has 2 aromatic carbocycles. The molecule has 0 atom stereocenters. The Balaban J connectivity index is 1.66. The highest BCUT2D eigenvalue weighted by molar-refractivity contribution is 7.98. The number of thioether (sulfide) groups is 1. The molecular weight excluding hydrogens is 405 g/mol. The molecule has 2 heterocycles. The van der Waals surface area contributed by atoms with Crippen LogP contribution in [-0.2, 0) is 11.5 Å². The van der Waals surface area contributed by atoms with E-state index in [0.717, 1.165) is 22.8 Å². The number of rotatable bonds is 7. The van der Waals surface area contributed by atoms with Crippen molar-refractivity contribution in [3.63, 3.8) is 0 Å². The molecule has 30 heavy (non-hydrogen) atoms. The molecule has 1 amide bonds. The van der Waals surface area contributed by atoms with Gasteiger partial charge in [0.15, 0.2) is 11.5 Å². The summed E-state index contributed by atoms with van der Waals surface area (Å²) in [5, 5.41) is 7.64. The molecule has 0 saturated carbocycles. The number of carbonyl (C=O) groups is 1. The van der Waals surface area contributed by atoms with Crippen molar-refractivity contribution in [1.82, 2.24) is 9.78 Å². The van der Waals surface area contributed by atoms with Gasteiger partial charge in [0.2, 0.25) is 0 Å². The normalized spacial score (nSPS) is 12.5. The number of nitrogens with one attached hydrogen (secondary N) is 1. The Bertz CT molecular complexity index is 1070. The minimum atomic E-state index is -0.322. The maximum atomic E-state index is 13.4. The smallest absolute Gasteiger partial charge is 0.256 e. The van der Waals surface area contributed by atoms with Crippen LogP contribution >= 0.6 is 11.8 Å². The van der Waals surface area contributed by atoms with E-state index in [1.807, 2.05) is 13.8 Å². The summed E-state index contributed by atoms with van der Waals surface area (Å²) in [6, 6.07) is 11.2. The predicted octanol–water partition coefficient (Wildman–Crippen LogP) is 4.81. The van der Waals surface area contributed by atoms with Crippen LogP contribution in [0.1, 0.15) is 35.5 Å². The Hall–Kier alpha value is -3.00. The lowest BCUT2D eigenvalue weighted by molar-refractivity contribution is 0.102. The van der Waals surface area contributed by atoms with Crippen molar-refractivity contribution < 1.29 is 18.7 Å². The largest absolute Gasteiger partial charge is 0.490 e. The quantitative estimate of drug-likeness (QED) is 0.586. The third-order valence-electron chi connectivity index (χ3n) is 4.66. The first-order valence-electron chi connectivity index (χ1n) is 9.76. The highest BCUT2D eigenvalue weighted by Gasteiger charge is 2.25. The zero-order valence-electron chi connectivity index (χ0n) is 16.8. The summed E-state index contributed by atoms with van der Waals surface area (Å²) in [6.45, 7) is 4.75. The van der Waals surface area contributed by atoms with Crippen LogP contribution in [0.25, 0.3) is 5.69 Å². The van der Waals surface area contributed by atoms with Crippen LogP contribution in [0, 0.1) is 5.82 Å². The second-order valence-corrected chi connectivity index (χ2v) is 7.62. The lowest BCUT2D eigenvalue weighted by Gasteiger charge is -2.14. The van der Waals surface area contributed by atoms with Crippen molar-refractivity contribution in [1.29, 1.82) is 0 Å². The van der Waals surface area contributed by atoms with Crippen LogP contribution in [0.15, 0.2) is 42.5 Å². The molecule has 3 aromatic rings. The standard InChI is InChI=1S/C22H22FN3O3S/c1-3-28-19-10-5-14(11-20(19)29-4-2)22(27)24-21-17-12-30-13-18(17)25-26(21)16-8-6-15(23)7-9-16/h5-11H,3-4,12-13H2,1-2H3,(H,24,27). The van der Waals surface area contributed by atoms with Gasteiger partial charge < -0.3 is 14.8 Å². The molecule has 0 radical (unpaired) electrons. The predicted molar refractivity (Wildman–Crippen MR) is 115 cm³/mol. The van der Waals surface area contributed by atoms with Gasteiger partial charge in [-0.3, -0.25) is 4.79 Å². The van der Waals surface area contributed by atoms with Crippen LogP contribution < -0.4 is 14.8 Å². The van der Waals surface area contributed by atoms with E-state index in [0.29, 0.717) is 41.8 Å². The molecular formula is C22H22FN3O3S. The molecule has 1 N–H and O–H groups in total. The van der Waals surface area contributed by atoms with Gasteiger partial charge in [-0.25, -0.2) is 9.07 Å². The van der Waals surface area contributed by atoms with E-state index < -0.39 is 0 Å². The Morgan fingerprint density at radius 2 is 1.83 bits per heavy atom. The van der Waals surface area contributed by atoms with Crippen LogP contribution in [0.4, 0.5) is 10.2 Å². The molecule has 0 aliphatic carbocycles. The van der Waals surface area contributed by atoms with Crippen molar-refractivity contribution >= 4 is 23.5 Å². The topological polar surface area (TPSA) is 65.4 Å². The number of carbonyl (C=O) groups excluding carboxylic acids is 1. The Morgan fingerprint density at radius 3 is 2.57 bits per heavy atom. The highest BCUT2D eigenvalue weighted by Crippen LogP contribution is 2.36. The number of fused-ring (bicyclic) bond motifs is 1. The SMILES string of the molecule is CCOc1ccc(C(=O)Nc2c3c(nn2-c2ccc(F)cc2)CSC3)cc1OCC. The number of amides is 1. The van der Waals surface area contributed by atoms with E-state index in [-0.39, 0.29) is 11.7 Å². The third-order valence-corrected chi connectivity index (χ3v) is 5.63. The second-order valence-electron chi connectivity index (χ2n) is 6.64. The number of benzene rings is 2. The number of halogens is 1. The third kappa shape index (κ3) is 4.00. The number of hydrogen-bond donors (Lipinski definition) is 1. The molecule has 1 aliphatic rings. The molecule has 4 rings (SSSR count). The van der Waals surface area contributed by atoms with Gasteiger partial charge in [-0.2, -0.15) is 16.9 Å². The van der Waals surface area contributed by atoms with E-state index in [1.165, 1.54) is 12.1 Å². The Kier molecular flexibility index (Phi) is 5.94. The first-order chi connectivity index (χ1) is 14.6. The van der Waals surface area contributed by atoms with Crippen molar-refractivity contribution in [2.24, 2.45) is 0 Å². The van der Waals surface area contributed by atoms with E-state index >= 15 is 0 Å². The van der Waals surface area contributed by atoms with Crippen molar-refractivity contribution in [3.05, 3.63) is 65.1 Å². The van der Waals surface area contributed by atoms with Crippen LogP contribution in [0.2, 0.25) is 0 Å². The van der Waals surface area contributed by atoms with Crippen molar-refractivity contribution in [3.8, 4) is 17.2 Å². The second kappa shape index (κ2) is 8.79. The number of aromatic nitrogens is 2. The van der Waals surface area contributed by atoms with Gasteiger partial charge in [0.05, 0.1) is 24.6 Å². The van der Waals surface area contributed by atoms with Gasteiger partial charge in [-0.15, -0.1) is 0 Å². The molecule has 8 heteroatoms. The van der Waals surface area contributed by atoms with Gasteiger partial charge in [0.1, 0.15) is 11.6 Å². The number of anilines is 1. The first-order valence-corrected chi connectivity index (χ1v) is 10.9. The molecule has 0 unspecified atom stereocenters. The molecule has 1 aliphatic heterocycles. The van der Waals surface area contributed by atoms with Gasteiger partial charge in [0.25, 0.3) is 5.91 Å². The summed E-state index contributed by atoms with van der Waals surface area (Å²) in [4.78, 5) is 13.1. The Morgan fingerprint density at radius 1 is 1.10 bits per heavy atom. The molecule has 0 saturated heterocycles. The summed E-state index contributed by atoms with van der Waals surface area (Å²) in [6.07, 6.45) is 0. The first kappa shape index (κ1) is 20.3. The number of nitrogens with zero attached hydrogens (tertiary/aromatic N) is 2. The maximum absolute atomic E-state index is 13.4. The molecule has 0 bridgehead atoms. The molecule has 1 aromatic heterocycles. The van der Waals surface area contributed by atoms with E-state index in [9.17, 15) is 9.18 Å². The highest BCUT2D eigenvalue weighted by atomic mass is 32.2. The molecule has 156 valence electrons. The fraction of sp³-hybridized carbons (Fsp3) is 0.273. The van der Waals surface area contributed by atoms with Crippen molar-refractivity contribution in [2.75, 3.05) is 18.5 Å². The summed E-state index contributed by atoms with van der Waals surface area (Å²) in [5.41, 5.74) is 3.07. The average Bonchev–Trinajstić information content (AvgIpc) is 3.33. The summed E-state index contributed by atoms with van der Waals surface area (Å²) in [5.74, 6) is 2.69. The minimum absolute atomic E-state index is 0.276. The van der Waals surface area contributed by atoms with Gasteiger partial charge in [0, 0.05) is 22.6 Å².